The molecule has 0 aliphatic rings. The Hall–Kier alpha value is -1.08. The molecule has 0 unspecified atom stereocenters. The van der Waals surface area contributed by atoms with E-state index in [1.807, 2.05) is 6.92 Å². The average molecular weight is 309 g/mol. The highest BCUT2D eigenvalue weighted by molar-refractivity contribution is 7.91. The van der Waals surface area contributed by atoms with Crippen molar-refractivity contribution in [3.63, 3.8) is 0 Å². The van der Waals surface area contributed by atoms with Gasteiger partial charge >= 0.3 is 6.18 Å². The largest absolute Gasteiger partial charge is 0.417 e. The van der Waals surface area contributed by atoms with Crippen molar-refractivity contribution in [2.75, 3.05) is 18.8 Å². The molecule has 0 aliphatic carbocycles. The van der Waals surface area contributed by atoms with Gasteiger partial charge in [0.05, 0.1) is 16.2 Å². The summed E-state index contributed by atoms with van der Waals surface area (Å²) in [7, 11) is -3.92. The molecule has 1 aromatic carbocycles. The van der Waals surface area contributed by atoms with Gasteiger partial charge in [-0.25, -0.2) is 8.42 Å². The summed E-state index contributed by atoms with van der Waals surface area (Å²) in [5, 5.41) is 3.02. The Morgan fingerprint density at radius 1 is 1.15 bits per heavy atom. The number of rotatable bonds is 7. The third-order valence-electron chi connectivity index (χ3n) is 2.72. The summed E-state index contributed by atoms with van der Waals surface area (Å²) in [6.07, 6.45) is -3.46. The summed E-state index contributed by atoms with van der Waals surface area (Å²) in [6.45, 7) is 3.21. The van der Waals surface area contributed by atoms with E-state index >= 15 is 0 Å². The highest BCUT2D eigenvalue weighted by atomic mass is 32.2. The van der Waals surface area contributed by atoms with Gasteiger partial charge in [-0.2, -0.15) is 13.2 Å². The second kappa shape index (κ2) is 7.08. The van der Waals surface area contributed by atoms with E-state index in [1.54, 1.807) is 0 Å². The van der Waals surface area contributed by atoms with E-state index in [9.17, 15) is 21.6 Å². The first-order valence-corrected chi connectivity index (χ1v) is 8.04. The molecule has 0 saturated carbocycles. The van der Waals surface area contributed by atoms with Gasteiger partial charge in [-0.1, -0.05) is 19.1 Å². The maximum absolute atomic E-state index is 12.8. The van der Waals surface area contributed by atoms with Gasteiger partial charge in [-0.15, -0.1) is 0 Å². The molecule has 0 aliphatic heterocycles. The van der Waals surface area contributed by atoms with Gasteiger partial charge in [-0.05, 0) is 38.1 Å². The zero-order valence-corrected chi connectivity index (χ0v) is 12.0. The summed E-state index contributed by atoms with van der Waals surface area (Å²) >= 11 is 0. The average Bonchev–Trinajstić information content (AvgIpc) is 2.37. The van der Waals surface area contributed by atoms with Crippen LogP contribution >= 0.6 is 0 Å². The molecule has 0 spiro atoms. The minimum absolute atomic E-state index is 0.286. The Morgan fingerprint density at radius 3 is 2.40 bits per heavy atom. The van der Waals surface area contributed by atoms with Crippen molar-refractivity contribution in [1.82, 2.24) is 5.32 Å². The van der Waals surface area contributed by atoms with Crippen LogP contribution in [-0.2, 0) is 16.0 Å². The van der Waals surface area contributed by atoms with Crippen LogP contribution in [0.3, 0.4) is 0 Å². The van der Waals surface area contributed by atoms with Crippen molar-refractivity contribution in [2.45, 2.75) is 30.8 Å². The van der Waals surface area contributed by atoms with E-state index in [-0.39, 0.29) is 12.2 Å². The molecular weight excluding hydrogens is 291 g/mol. The van der Waals surface area contributed by atoms with E-state index in [0.717, 1.165) is 25.1 Å². The lowest BCUT2D eigenvalue weighted by atomic mass is 10.2. The SMILES string of the molecule is CCCNCCCS(=O)(=O)c1ccccc1C(F)(F)F. The van der Waals surface area contributed by atoms with Crippen molar-refractivity contribution in [1.29, 1.82) is 0 Å². The summed E-state index contributed by atoms with van der Waals surface area (Å²) in [5.74, 6) is -0.295. The smallest absolute Gasteiger partial charge is 0.317 e. The Bertz CT molecular complexity index is 527. The molecule has 7 heteroatoms. The van der Waals surface area contributed by atoms with Gasteiger partial charge < -0.3 is 5.32 Å². The van der Waals surface area contributed by atoms with Crippen LogP contribution in [0.5, 0.6) is 0 Å². The summed E-state index contributed by atoms with van der Waals surface area (Å²) in [4.78, 5) is -0.636. The van der Waals surface area contributed by atoms with Crippen molar-refractivity contribution >= 4 is 9.84 Å². The molecule has 1 aromatic rings. The first-order valence-electron chi connectivity index (χ1n) is 6.38. The van der Waals surface area contributed by atoms with Gasteiger partial charge in [0, 0.05) is 0 Å². The van der Waals surface area contributed by atoms with Crippen LogP contribution in [0.25, 0.3) is 0 Å². The molecule has 1 N–H and O–H groups in total. The minimum Gasteiger partial charge on any atom is -0.317 e. The molecule has 3 nitrogen and oxygen atoms in total. The van der Waals surface area contributed by atoms with Gasteiger partial charge in [0.15, 0.2) is 9.84 Å². The second-order valence-corrected chi connectivity index (χ2v) is 6.49. The van der Waals surface area contributed by atoms with Crippen LogP contribution in [0.4, 0.5) is 13.2 Å². The molecule has 0 saturated heterocycles. The topological polar surface area (TPSA) is 46.2 Å². The van der Waals surface area contributed by atoms with Crippen molar-refractivity contribution in [3.05, 3.63) is 29.8 Å². The fourth-order valence-electron chi connectivity index (χ4n) is 1.77. The Balaban J connectivity index is 2.83. The summed E-state index contributed by atoms with van der Waals surface area (Å²) < 4.78 is 62.4. The molecule has 114 valence electrons. The fourth-order valence-corrected chi connectivity index (χ4v) is 3.32. The predicted molar refractivity (Wildman–Crippen MR) is 71.3 cm³/mol. The van der Waals surface area contributed by atoms with Gasteiger partial charge in [0.25, 0.3) is 0 Å². The zero-order valence-electron chi connectivity index (χ0n) is 11.2. The molecule has 0 aromatic heterocycles. The van der Waals surface area contributed by atoms with E-state index in [0.29, 0.717) is 6.54 Å². The maximum Gasteiger partial charge on any atom is 0.417 e. The van der Waals surface area contributed by atoms with E-state index in [4.69, 9.17) is 0 Å². The van der Waals surface area contributed by atoms with E-state index in [1.165, 1.54) is 12.1 Å². The van der Waals surface area contributed by atoms with Crippen molar-refractivity contribution < 1.29 is 21.6 Å². The lowest BCUT2D eigenvalue weighted by Gasteiger charge is -2.13. The minimum atomic E-state index is -4.66. The molecular formula is C13H18F3NO2S. The highest BCUT2D eigenvalue weighted by Crippen LogP contribution is 2.34. The van der Waals surface area contributed by atoms with Crippen LogP contribution in [0, 0.1) is 0 Å². The van der Waals surface area contributed by atoms with Crippen LogP contribution < -0.4 is 5.32 Å². The van der Waals surface area contributed by atoms with Crippen LogP contribution in [0.2, 0.25) is 0 Å². The quantitative estimate of drug-likeness (QED) is 0.788. The number of benzene rings is 1. The molecule has 1 rings (SSSR count). The van der Waals surface area contributed by atoms with E-state index < -0.39 is 26.5 Å². The summed E-state index contributed by atoms with van der Waals surface area (Å²) in [6, 6.07) is 4.29. The van der Waals surface area contributed by atoms with Gasteiger partial charge in [0.1, 0.15) is 0 Å². The lowest BCUT2D eigenvalue weighted by molar-refractivity contribution is -0.139. The van der Waals surface area contributed by atoms with Crippen LogP contribution in [0.15, 0.2) is 29.2 Å². The molecule has 0 fully saturated rings. The lowest BCUT2D eigenvalue weighted by Crippen LogP contribution is -2.20. The molecule has 0 bridgehead atoms. The summed E-state index contributed by atoms with van der Waals surface area (Å²) in [5.41, 5.74) is -1.10. The molecule has 0 atom stereocenters. The molecule has 20 heavy (non-hydrogen) atoms. The Morgan fingerprint density at radius 2 is 1.80 bits per heavy atom. The monoisotopic (exact) mass is 309 g/mol. The van der Waals surface area contributed by atoms with Crippen molar-refractivity contribution in [3.8, 4) is 0 Å². The predicted octanol–water partition coefficient (Wildman–Crippen LogP) is 2.87. The maximum atomic E-state index is 12.8. The van der Waals surface area contributed by atoms with Gasteiger partial charge in [0.2, 0.25) is 0 Å². The number of nitrogens with one attached hydrogen (secondary N) is 1. The Kier molecular flexibility index (Phi) is 6.01. The van der Waals surface area contributed by atoms with Gasteiger partial charge in [-0.3, -0.25) is 0 Å². The number of halogens is 3. The normalized spacial score (nSPS) is 12.6. The second-order valence-electron chi connectivity index (χ2n) is 4.42. The molecule has 0 heterocycles. The third kappa shape index (κ3) is 4.79. The number of hydrogen-bond donors (Lipinski definition) is 1. The van der Waals surface area contributed by atoms with Crippen LogP contribution in [0.1, 0.15) is 25.3 Å². The third-order valence-corrected chi connectivity index (χ3v) is 4.57. The van der Waals surface area contributed by atoms with Crippen LogP contribution in [-0.4, -0.2) is 27.3 Å². The first-order chi connectivity index (χ1) is 9.29. The Labute approximate surface area is 117 Å². The fraction of sp³-hybridized carbons (Fsp3) is 0.538. The zero-order chi connectivity index (χ0) is 15.2. The number of alkyl halides is 3. The molecule has 0 amide bonds. The number of hydrogen-bond acceptors (Lipinski definition) is 3. The number of sulfone groups is 1. The highest BCUT2D eigenvalue weighted by Gasteiger charge is 2.36. The van der Waals surface area contributed by atoms with Crippen molar-refractivity contribution in [2.24, 2.45) is 0 Å². The first kappa shape index (κ1) is 17.0. The van der Waals surface area contributed by atoms with E-state index in [2.05, 4.69) is 5.32 Å². The molecule has 0 radical (unpaired) electrons. The standard InChI is InChI=1S/C13H18F3NO2S/c1-2-8-17-9-5-10-20(18,19)12-7-4-3-6-11(12)13(14,15)16/h3-4,6-7,17H,2,5,8-10H2,1H3.